The summed E-state index contributed by atoms with van der Waals surface area (Å²) < 4.78 is 3.75. The number of pyridine rings is 1. The van der Waals surface area contributed by atoms with Crippen LogP contribution < -0.4 is 5.62 Å². The fourth-order valence-electron chi connectivity index (χ4n) is 4.44. The topological polar surface area (TPSA) is 101 Å². The van der Waals surface area contributed by atoms with E-state index in [0.29, 0.717) is 22.6 Å². The molecule has 3 aromatic heterocycles. The Morgan fingerprint density at radius 3 is 2.76 bits per heavy atom. The largest absolute Gasteiger partial charge is 0.393 e. The fraction of sp³-hybridized carbons (Fsp3) is 0.280. The van der Waals surface area contributed by atoms with E-state index in [-0.39, 0.29) is 12.1 Å². The van der Waals surface area contributed by atoms with Crippen molar-refractivity contribution in [3.8, 4) is 23.6 Å². The molecule has 1 amide bonds. The Balaban J connectivity index is 1.60. The molecule has 3 heterocycles. The summed E-state index contributed by atoms with van der Waals surface area (Å²) in [7, 11) is 1.81. The van der Waals surface area contributed by atoms with Crippen molar-refractivity contribution in [2.75, 3.05) is 0 Å². The first-order valence-corrected chi connectivity index (χ1v) is 11.0. The zero-order valence-corrected chi connectivity index (χ0v) is 18.3. The fourth-order valence-corrected chi connectivity index (χ4v) is 4.44. The lowest BCUT2D eigenvalue weighted by molar-refractivity contribution is 0.0990. The Labute approximate surface area is 190 Å². The summed E-state index contributed by atoms with van der Waals surface area (Å²) in [6.07, 6.45) is 11.9. The summed E-state index contributed by atoms with van der Waals surface area (Å²) in [6.45, 7) is 0. The maximum atomic E-state index is 13.3. The number of aliphatic hydroxyl groups is 1. The van der Waals surface area contributed by atoms with E-state index in [2.05, 4.69) is 30.5 Å². The van der Waals surface area contributed by atoms with Crippen molar-refractivity contribution in [1.82, 2.24) is 24.3 Å². The zero-order valence-electron chi connectivity index (χ0n) is 18.3. The number of carbonyl (C=O) groups is 1. The van der Waals surface area contributed by atoms with Gasteiger partial charge >= 0.3 is 0 Å². The van der Waals surface area contributed by atoms with Gasteiger partial charge in [-0.2, -0.15) is 10.1 Å². The third-order valence-electron chi connectivity index (χ3n) is 6.10. The van der Waals surface area contributed by atoms with Gasteiger partial charge in [0.2, 0.25) is 5.62 Å². The van der Waals surface area contributed by atoms with Crippen molar-refractivity contribution >= 4 is 16.9 Å². The number of terminal acetylenes is 1. The molecule has 8 nitrogen and oxygen atoms in total. The Hall–Kier alpha value is -3.96. The molecular weight excluding hydrogens is 416 g/mol. The number of aryl methyl sites for hydroxylation is 1. The predicted molar refractivity (Wildman–Crippen MR) is 124 cm³/mol. The smallest absolute Gasteiger partial charge is 0.280 e. The molecule has 0 spiro atoms. The number of rotatable bonds is 3. The van der Waals surface area contributed by atoms with E-state index >= 15 is 0 Å². The lowest BCUT2D eigenvalue weighted by atomic mass is 9.93. The van der Waals surface area contributed by atoms with Crippen LogP contribution in [0.4, 0.5) is 0 Å². The summed E-state index contributed by atoms with van der Waals surface area (Å²) in [5, 5.41) is 14.1. The molecule has 166 valence electrons. The molecule has 0 saturated heterocycles. The standard InChI is InChI=1S/C25H24N6O2/c1-3-18-12-16(13-22(27-18)17-14-26-30(2)15-17)24(33)29-25-28-21-6-4-5-7-23(21)31(25)19-8-10-20(32)11-9-19/h1,4-7,12-15,19-20,32H,8-11H2,2H3,(H,28,29,33)/t19-,20+. The number of H-pyrrole nitrogens is 1. The Kier molecular flexibility index (Phi) is 5.40. The van der Waals surface area contributed by atoms with Crippen LogP contribution in [0.15, 0.2) is 53.8 Å². The van der Waals surface area contributed by atoms with Gasteiger partial charge in [0, 0.05) is 30.4 Å². The minimum atomic E-state index is -0.407. The van der Waals surface area contributed by atoms with Gasteiger partial charge < -0.3 is 14.7 Å². The predicted octanol–water partition coefficient (Wildman–Crippen LogP) is 2.96. The van der Waals surface area contributed by atoms with Gasteiger partial charge in [-0.25, -0.2) is 4.98 Å². The molecule has 1 aliphatic rings. The van der Waals surface area contributed by atoms with Gasteiger partial charge in [-0.05, 0) is 49.9 Å². The number of nitrogens with one attached hydrogen (secondary N) is 1. The summed E-state index contributed by atoms with van der Waals surface area (Å²) in [6, 6.07) is 11.3. The molecule has 1 aliphatic carbocycles. The van der Waals surface area contributed by atoms with Gasteiger partial charge in [0.15, 0.2) is 0 Å². The highest BCUT2D eigenvalue weighted by atomic mass is 16.3. The molecule has 1 saturated carbocycles. The number of aromatic nitrogens is 5. The minimum Gasteiger partial charge on any atom is -0.393 e. The van der Waals surface area contributed by atoms with Gasteiger partial charge in [-0.1, -0.05) is 18.1 Å². The quantitative estimate of drug-likeness (QED) is 0.478. The summed E-state index contributed by atoms with van der Waals surface area (Å²) in [5.74, 6) is 2.12. The number of hydrogen-bond acceptors (Lipinski definition) is 4. The number of fused-ring (bicyclic) bond motifs is 1. The molecule has 0 bridgehead atoms. The first-order valence-electron chi connectivity index (χ1n) is 11.0. The van der Waals surface area contributed by atoms with E-state index in [1.807, 2.05) is 37.5 Å². The van der Waals surface area contributed by atoms with E-state index in [1.165, 1.54) is 0 Å². The lowest BCUT2D eigenvalue weighted by Gasteiger charge is -2.27. The van der Waals surface area contributed by atoms with Gasteiger partial charge in [0.25, 0.3) is 5.91 Å². The van der Waals surface area contributed by atoms with Crippen molar-refractivity contribution in [3.05, 3.63) is 65.7 Å². The maximum Gasteiger partial charge on any atom is 0.280 e. The second kappa shape index (κ2) is 8.52. The average molecular weight is 441 g/mol. The van der Waals surface area contributed by atoms with Crippen LogP contribution in [-0.2, 0) is 7.05 Å². The van der Waals surface area contributed by atoms with E-state index < -0.39 is 5.91 Å². The summed E-state index contributed by atoms with van der Waals surface area (Å²) in [5.41, 5.74) is 4.45. The highest BCUT2D eigenvalue weighted by molar-refractivity contribution is 5.96. The van der Waals surface area contributed by atoms with Crippen LogP contribution in [0.5, 0.6) is 0 Å². The van der Waals surface area contributed by atoms with Crippen LogP contribution in [0.1, 0.15) is 47.8 Å². The Morgan fingerprint density at radius 1 is 1.24 bits per heavy atom. The van der Waals surface area contributed by atoms with E-state index in [4.69, 9.17) is 6.42 Å². The third kappa shape index (κ3) is 4.11. The normalized spacial score (nSPS) is 19.0. The molecule has 2 N–H and O–H groups in total. The van der Waals surface area contributed by atoms with Crippen LogP contribution in [-0.4, -0.2) is 41.4 Å². The number of benzene rings is 1. The maximum absolute atomic E-state index is 13.3. The molecule has 1 fully saturated rings. The molecule has 1 aromatic carbocycles. The molecule has 8 heteroatoms. The lowest BCUT2D eigenvalue weighted by Crippen LogP contribution is -2.29. The number of hydrogen-bond donors (Lipinski definition) is 2. The van der Waals surface area contributed by atoms with Crippen molar-refractivity contribution in [1.29, 1.82) is 0 Å². The third-order valence-corrected chi connectivity index (χ3v) is 6.10. The number of aromatic amines is 1. The van der Waals surface area contributed by atoms with Crippen molar-refractivity contribution in [2.45, 2.75) is 37.8 Å². The Bertz CT molecular complexity index is 1440. The SMILES string of the molecule is C#Cc1cc(C(=O)/N=c2\[nH]c3ccccc3n2[C@H]2CC[C@@H](O)CC2)cc(-c2cnn(C)c2)n1. The highest BCUT2D eigenvalue weighted by Gasteiger charge is 2.23. The summed E-state index contributed by atoms with van der Waals surface area (Å²) >= 11 is 0. The minimum absolute atomic E-state index is 0.153. The molecular formula is C25H24N6O2. The molecule has 5 rings (SSSR count). The van der Waals surface area contributed by atoms with Crippen LogP contribution in [0, 0.1) is 12.3 Å². The van der Waals surface area contributed by atoms with Crippen molar-refractivity contribution in [2.24, 2.45) is 12.0 Å². The second-order valence-electron chi connectivity index (χ2n) is 8.39. The van der Waals surface area contributed by atoms with Crippen LogP contribution in [0.25, 0.3) is 22.3 Å². The second-order valence-corrected chi connectivity index (χ2v) is 8.39. The Morgan fingerprint density at radius 2 is 2.03 bits per heavy atom. The molecule has 0 aliphatic heterocycles. The van der Waals surface area contributed by atoms with E-state index in [0.717, 1.165) is 42.3 Å². The molecule has 0 unspecified atom stereocenters. The highest BCUT2D eigenvalue weighted by Crippen LogP contribution is 2.29. The van der Waals surface area contributed by atoms with Crippen LogP contribution >= 0.6 is 0 Å². The molecule has 0 radical (unpaired) electrons. The van der Waals surface area contributed by atoms with Gasteiger partial charge in [-0.15, -0.1) is 6.42 Å². The molecule has 4 aromatic rings. The van der Waals surface area contributed by atoms with Gasteiger partial charge in [-0.3, -0.25) is 9.48 Å². The van der Waals surface area contributed by atoms with E-state index in [1.54, 1.807) is 23.0 Å². The zero-order chi connectivity index (χ0) is 22.9. The van der Waals surface area contributed by atoms with E-state index in [9.17, 15) is 9.90 Å². The number of aliphatic hydroxyl groups excluding tert-OH is 1. The first-order chi connectivity index (χ1) is 16.0. The molecule has 0 atom stereocenters. The molecule has 33 heavy (non-hydrogen) atoms. The van der Waals surface area contributed by atoms with Crippen LogP contribution in [0.3, 0.4) is 0 Å². The van der Waals surface area contributed by atoms with Gasteiger partial charge in [0.05, 0.1) is 29.0 Å². The first kappa shape index (κ1) is 20.9. The number of para-hydroxylation sites is 2. The average Bonchev–Trinajstić information content (AvgIpc) is 3.42. The number of amides is 1. The van der Waals surface area contributed by atoms with Crippen LogP contribution in [0.2, 0.25) is 0 Å². The van der Waals surface area contributed by atoms with Crippen molar-refractivity contribution in [3.63, 3.8) is 0 Å². The number of carbonyl (C=O) groups excluding carboxylic acids is 1. The number of imidazole rings is 1. The monoisotopic (exact) mass is 440 g/mol. The van der Waals surface area contributed by atoms with Gasteiger partial charge in [0.1, 0.15) is 5.69 Å². The van der Waals surface area contributed by atoms with Crippen molar-refractivity contribution < 1.29 is 9.90 Å². The summed E-state index contributed by atoms with van der Waals surface area (Å²) in [4.78, 5) is 25.5. The number of nitrogens with zero attached hydrogens (tertiary/aromatic N) is 5.